The first-order valence-electron chi connectivity index (χ1n) is 4.76. The van der Waals surface area contributed by atoms with Crippen molar-refractivity contribution in [3.05, 3.63) is 40.6 Å². The van der Waals surface area contributed by atoms with Gasteiger partial charge in [0, 0.05) is 22.6 Å². The van der Waals surface area contributed by atoms with Gasteiger partial charge < -0.3 is 11.1 Å². The van der Waals surface area contributed by atoms with Crippen molar-refractivity contribution < 1.29 is 0 Å². The molecule has 1 aromatic carbocycles. The van der Waals surface area contributed by atoms with Crippen LogP contribution in [0.1, 0.15) is 5.56 Å². The van der Waals surface area contributed by atoms with Crippen LogP contribution in [-0.4, -0.2) is 9.97 Å². The molecule has 0 saturated heterocycles. The molecular formula is C11H11BrN4. The molecule has 2 aromatic rings. The summed E-state index contributed by atoms with van der Waals surface area (Å²) in [6, 6.07) is 6.01. The molecule has 0 atom stereocenters. The number of nitrogens with two attached hydrogens (primary N) is 1. The van der Waals surface area contributed by atoms with Crippen LogP contribution >= 0.6 is 15.9 Å². The van der Waals surface area contributed by atoms with Crippen LogP contribution in [0.5, 0.6) is 0 Å². The average molecular weight is 279 g/mol. The van der Waals surface area contributed by atoms with Crippen molar-refractivity contribution in [2.75, 3.05) is 11.1 Å². The van der Waals surface area contributed by atoms with Gasteiger partial charge in [-0.05, 0) is 30.7 Å². The van der Waals surface area contributed by atoms with Crippen LogP contribution < -0.4 is 11.1 Å². The molecule has 0 unspecified atom stereocenters. The Labute approximate surface area is 102 Å². The van der Waals surface area contributed by atoms with E-state index in [1.165, 1.54) is 0 Å². The highest BCUT2D eigenvalue weighted by Gasteiger charge is 2.02. The van der Waals surface area contributed by atoms with Gasteiger partial charge in [-0.3, -0.25) is 0 Å². The summed E-state index contributed by atoms with van der Waals surface area (Å²) in [5, 5.41) is 3.13. The molecule has 16 heavy (non-hydrogen) atoms. The Kier molecular flexibility index (Phi) is 3.05. The van der Waals surface area contributed by atoms with Crippen LogP contribution in [0.4, 0.5) is 17.3 Å². The third kappa shape index (κ3) is 2.49. The van der Waals surface area contributed by atoms with Crippen LogP contribution in [0.2, 0.25) is 0 Å². The molecule has 0 aliphatic heterocycles. The summed E-state index contributed by atoms with van der Waals surface area (Å²) in [6.45, 7) is 2.02. The van der Waals surface area contributed by atoms with Crippen molar-refractivity contribution in [1.29, 1.82) is 0 Å². The van der Waals surface area contributed by atoms with E-state index in [0.717, 1.165) is 15.7 Å². The minimum absolute atomic E-state index is 0.389. The Balaban J connectivity index is 2.30. The van der Waals surface area contributed by atoms with Crippen molar-refractivity contribution in [2.24, 2.45) is 0 Å². The molecule has 0 fully saturated rings. The van der Waals surface area contributed by atoms with Gasteiger partial charge in [0.05, 0.1) is 0 Å². The fraction of sp³-hybridized carbons (Fsp3) is 0.0909. The van der Waals surface area contributed by atoms with E-state index in [4.69, 9.17) is 5.73 Å². The molecule has 0 saturated carbocycles. The summed E-state index contributed by atoms with van der Waals surface area (Å²) in [6.07, 6.45) is 3.16. The number of nitrogen functional groups attached to an aromatic ring is 1. The highest BCUT2D eigenvalue weighted by Crippen LogP contribution is 2.23. The molecule has 0 spiro atoms. The molecule has 4 nitrogen and oxygen atoms in total. The molecule has 1 aromatic heterocycles. The fourth-order valence-electron chi connectivity index (χ4n) is 1.39. The van der Waals surface area contributed by atoms with Crippen LogP contribution in [0, 0.1) is 6.92 Å². The predicted octanol–water partition coefficient (Wildman–Crippen LogP) is 2.87. The Morgan fingerprint density at radius 2 is 1.94 bits per heavy atom. The van der Waals surface area contributed by atoms with E-state index >= 15 is 0 Å². The van der Waals surface area contributed by atoms with E-state index in [9.17, 15) is 0 Å². The highest BCUT2D eigenvalue weighted by molar-refractivity contribution is 9.10. The number of halogens is 1. The number of rotatable bonds is 2. The normalized spacial score (nSPS) is 10.1. The monoisotopic (exact) mass is 278 g/mol. The Morgan fingerprint density at radius 3 is 2.62 bits per heavy atom. The van der Waals surface area contributed by atoms with Crippen molar-refractivity contribution >= 4 is 33.3 Å². The summed E-state index contributed by atoms with van der Waals surface area (Å²) in [4.78, 5) is 8.08. The van der Waals surface area contributed by atoms with Crippen molar-refractivity contribution in [3.63, 3.8) is 0 Å². The number of benzene rings is 1. The second-order valence-electron chi connectivity index (χ2n) is 3.43. The van der Waals surface area contributed by atoms with Gasteiger partial charge in [-0.15, -0.1) is 0 Å². The van der Waals surface area contributed by atoms with E-state index in [0.29, 0.717) is 11.6 Å². The summed E-state index contributed by atoms with van der Waals surface area (Å²) >= 11 is 3.44. The van der Waals surface area contributed by atoms with Gasteiger partial charge in [-0.1, -0.05) is 15.9 Å². The van der Waals surface area contributed by atoms with Crippen LogP contribution in [0.3, 0.4) is 0 Å². The lowest BCUT2D eigenvalue weighted by atomic mass is 10.2. The van der Waals surface area contributed by atoms with Gasteiger partial charge in [-0.25, -0.2) is 9.97 Å². The predicted molar refractivity (Wildman–Crippen MR) is 68.6 cm³/mol. The number of nitrogens with zero attached hydrogens (tertiary/aromatic N) is 2. The lowest BCUT2D eigenvalue weighted by molar-refractivity contribution is 1.21. The zero-order chi connectivity index (χ0) is 11.5. The molecule has 0 aliphatic rings. The lowest BCUT2D eigenvalue weighted by Crippen LogP contribution is -2.00. The first-order chi connectivity index (χ1) is 7.65. The van der Waals surface area contributed by atoms with Crippen molar-refractivity contribution in [3.8, 4) is 0 Å². The highest BCUT2D eigenvalue weighted by atomic mass is 79.9. The molecular weight excluding hydrogens is 268 g/mol. The summed E-state index contributed by atoms with van der Waals surface area (Å²) in [5.74, 6) is 0.958. The Morgan fingerprint density at radius 1 is 1.19 bits per heavy atom. The van der Waals surface area contributed by atoms with E-state index in [1.807, 2.05) is 25.1 Å². The van der Waals surface area contributed by atoms with E-state index in [2.05, 4.69) is 31.2 Å². The second kappa shape index (κ2) is 4.49. The topological polar surface area (TPSA) is 63.8 Å². The number of aryl methyl sites for hydroxylation is 1. The zero-order valence-electron chi connectivity index (χ0n) is 8.74. The first-order valence-corrected chi connectivity index (χ1v) is 5.55. The number of nitrogens with one attached hydrogen (secondary N) is 1. The molecule has 2 rings (SSSR count). The SMILES string of the molecule is Cc1cc(Br)cc(Nc2nccnc2N)c1. The number of hydrogen-bond acceptors (Lipinski definition) is 4. The standard InChI is InChI=1S/C11H11BrN4/c1-7-4-8(12)6-9(5-7)16-11-10(13)14-2-3-15-11/h2-6H,1H3,(H2,13,14)(H,15,16). The zero-order valence-corrected chi connectivity index (χ0v) is 10.3. The molecule has 0 bridgehead atoms. The maximum atomic E-state index is 5.70. The quantitative estimate of drug-likeness (QED) is 0.887. The number of anilines is 3. The molecule has 1 heterocycles. The van der Waals surface area contributed by atoms with Crippen molar-refractivity contribution in [1.82, 2.24) is 9.97 Å². The largest absolute Gasteiger partial charge is 0.381 e. The molecule has 0 radical (unpaired) electrons. The minimum Gasteiger partial charge on any atom is -0.381 e. The molecule has 5 heteroatoms. The third-order valence-corrected chi connectivity index (χ3v) is 2.49. The van der Waals surface area contributed by atoms with Gasteiger partial charge in [-0.2, -0.15) is 0 Å². The number of hydrogen-bond donors (Lipinski definition) is 2. The average Bonchev–Trinajstić information content (AvgIpc) is 2.20. The minimum atomic E-state index is 0.389. The summed E-state index contributed by atoms with van der Waals surface area (Å²) in [7, 11) is 0. The lowest BCUT2D eigenvalue weighted by Gasteiger charge is -2.08. The second-order valence-corrected chi connectivity index (χ2v) is 4.35. The molecule has 3 N–H and O–H groups in total. The maximum absolute atomic E-state index is 5.70. The molecule has 82 valence electrons. The maximum Gasteiger partial charge on any atom is 0.173 e. The van der Waals surface area contributed by atoms with Crippen LogP contribution in [0.15, 0.2) is 35.1 Å². The number of aromatic nitrogens is 2. The van der Waals surface area contributed by atoms with Gasteiger partial charge in [0.2, 0.25) is 0 Å². The molecule has 0 aliphatic carbocycles. The Hall–Kier alpha value is -1.62. The molecule has 0 amide bonds. The van der Waals surface area contributed by atoms with Gasteiger partial charge in [0.15, 0.2) is 11.6 Å². The van der Waals surface area contributed by atoms with Gasteiger partial charge in [0.25, 0.3) is 0 Å². The van der Waals surface area contributed by atoms with E-state index in [-0.39, 0.29) is 0 Å². The van der Waals surface area contributed by atoms with E-state index in [1.54, 1.807) is 12.4 Å². The van der Waals surface area contributed by atoms with Gasteiger partial charge >= 0.3 is 0 Å². The first kappa shape index (κ1) is 10.9. The summed E-state index contributed by atoms with van der Waals surface area (Å²) < 4.78 is 1.01. The van der Waals surface area contributed by atoms with Crippen LogP contribution in [-0.2, 0) is 0 Å². The van der Waals surface area contributed by atoms with Gasteiger partial charge in [0.1, 0.15) is 0 Å². The van der Waals surface area contributed by atoms with Crippen LogP contribution in [0.25, 0.3) is 0 Å². The third-order valence-electron chi connectivity index (χ3n) is 2.03. The van der Waals surface area contributed by atoms with Crippen molar-refractivity contribution in [2.45, 2.75) is 6.92 Å². The fourth-order valence-corrected chi connectivity index (χ4v) is 2.00. The Bertz CT molecular complexity index is 493. The van der Waals surface area contributed by atoms with E-state index < -0.39 is 0 Å². The smallest absolute Gasteiger partial charge is 0.173 e. The summed E-state index contributed by atoms with van der Waals surface area (Å²) in [5.41, 5.74) is 7.78.